The second kappa shape index (κ2) is 11.5. The van der Waals surface area contributed by atoms with Crippen LogP contribution in [0.15, 0.2) is 59.8 Å². The van der Waals surface area contributed by atoms with Crippen LogP contribution < -0.4 is 15.6 Å². The predicted octanol–water partition coefficient (Wildman–Crippen LogP) is 4.09. The number of ether oxygens (including phenoxy) is 1. The number of piperazine rings is 1. The minimum Gasteiger partial charge on any atom is -0.456 e. The van der Waals surface area contributed by atoms with Gasteiger partial charge in [0.1, 0.15) is 35.4 Å². The van der Waals surface area contributed by atoms with E-state index >= 15 is 0 Å². The van der Waals surface area contributed by atoms with Crippen molar-refractivity contribution in [2.45, 2.75) is 51.5 Å². The summed E-state index contributed by atoms with van der Waals surface area (Å²) in [6.07, 6.45) is -1.70. The van der Waals surface area contributed by atoms with Crippen LogP contribution in [0.5, 0.6) is 11.5 Å². The number of pyridine rings is 1. The van der Waals surface area contributed by atoms with Gasteiger partial charge in [0.2, 0.25) is 5.91 Å². The van der Waals surface area contributed by atoms with E-state index in [4.69, 9.17) is 4.74 Å². The van der Waals surface area contributed by atoms with Crippen LogP contribution in [0.4, 0.5) is 23.4 Å². The van der Waals surface area contributed by atoms with Crippen LogP contribution in [0.3, 0.4) is 0 Å². The number of hydrogen-bond donors (Lipinski definition) is 1. The molecule has 14 heteroatoms. The van der Waals surface area contributed by atoms with Gasteiger partial charge in [0, 0.05) is 25.8 Å². The second-order valence-corrected chi connectivity index (χ2v) is 11.0. The van der Waals surface area contributed by atoms with Gasteiger partial charge in [-0.1, -0.05) is 0 Å². The Morgan fingerprint density at radius 1 is 1.00 bits per heavy atom. The third kappa shape index (κ3) is 7.11. The monoisotopic (exact) mass is 590 g/mol. The van der Waals surface area contributed by atoms with E-state index in [0.29, 0.717) is 22.3 Å². The molecule has 1 saturated heterocycles. The Morgan fingerprint density at radius 2 is 1.67 bits per heavy atom. The van der Waals surface area contributed by atoms with E-state index in [9.17, 15) is 31.9 Å². The number of rotatable bonds is 7. The molecule has 1 N–H and O–H groups in total. The molecule has 0 saturated carbocycles. The molecule has 3 aromatic rings. The Morgan fingerprint density at radius 3 is 2.26 bits per heavy atom. The molecule has 3 heterocycles. The molecule has 0 unspecified atom stereocenters. The molecule has 1 fully saturated rings. The zero-order valence-corrected chi connectivity index (χ0v) is 23.4. The van der Waals surface area contributed by atoms with Gasteiger partial charge in [-0.25, -0.2) is 14.4 Å². The maximum Gasteiger partial charge on any atom is 0.406 e. The Kier molecular flexibility index (Phi) is 8.39. The molecule has 1 aliphatic rings. The summed E-state index contributed by atoms with van der Waals surface area (Å²) in [5.41, 5.74) is -3.12. The molecule has 0 radical (unpaired) electrons. The molecule has 2 aromatic heterocycles. The molecule has 224 valence electrons. The lowest BCUT2D eigenvalue weighted by Gasteiger charge is -2.51. The Hall–Kier alpha value is -4.33. The average Bonchev–Trinajstić information content (AvgIpc) is 2.90. The van der Waals surface area contributed by atoms with Gasteiger partial charge in [-0.2, -0.15) is 13.2 Å². The van der Waals surface area contributed by atoms with Crippen molar-refractivity contribution in [3.63, 3.8) is 0 Å². The highest BCUT2D eigenvalue weighted by atomic mass is 19.4. The molecule has 2 amide bonds. The fraction of sp³-hybridized carbons (Fsp3) is 0.393. The number of hydrogen-bond acceptors (Lipinski definition) is 7. The van der Waals surface area contributed by atoms with Crippen LogP contribution in [0.2, 0.25) is 0 Å². The highest BCUT2D eigenvalue weighted by Crippen LogP contribution is 2.29. The Bertz CT molecular complexity index is 1500. The second-order valence-electron chi connectivity index (χ2n) is 11.0. The molecule has 10 nitrogen and oxygen atoms in total. The summed E-state index contributed by atoms with van der Waals surface area (Å²) in [5.74, 6) is -0.252. The minimum atomic E-state index is -4.64. The van der Waals surface area contributed by atoms with E-state index < -0.39 is 35.3 Å². The zero-order chi connectivity index (χ0) is 30.9. The van der Waals surface area contributed by atoms with Crippen molar-refractivity contribution < 1.29 is 31.9 Å². The standard InChI is InChI=1S/C28H30F4N6O4/c1-26(2)16-37(11-12-38(26)24(40)21-15-36(17-28(30,31)32)23(39)14-33-21)27(3,4)25(41)35-22-10-9-20(13-34-22)42-19-7-5-18(29)6-8-19/h5-10,13-15H,11-12,16-17H2,1-4H3,(H,34,35,41). The van der Waals surface area contributed by atoms with Crippen LogP contribution in [-0.2, 0) is 11.3 Å². The fourth-order valence-corrected chi connectivity index (χ4v) is 4.58. The number of carbonyl (C=O) groups is 2. The van der Waals surface area contributed by atoms with Gasteiger partial charge in [-0.15, -0.1) is 0 Å². The number of aromatic nitrogens is 3. The van der Waals surface area contributed by atoms with E-state index in [2.05, 4.69) is 15.3 Å². The summed E-state index contributed by atoms with van der Waals surface area (Å²) in [6, 6.07) is 8.67. The number of benzene rings is 1. The van der Waals surface area contributed by atoms with E-state index in [0.717, 1.165) is 6.20 Å². The quantitative estimate of drug-likeness (QED) is 0.413. The van der Waals surface area contributed by atoms with Gasteiger partial charge in [0.05, 0.1) is 23.5 Å². The van der Waals surface area contributed by atoms with Crippen LogP contribution >= 0.6 is 0 Å². The fourth-order valence-electron chi connectivity index (χ4n) is 4.58. The van der Waals surface area contributed by atoms with Crippen molar-refractivity contribution in [1.82, 2.24) is 24.3 Å². The van der Waals surface area contributed by atoms with Crippen molar-refractivity contribution in [2.24, 2.45) is 0 Å². The highest BCUT2D eigenvalue weighted by Gasteiger charge is 2.44. The van der Waals surface area contributed by atoms with Gasteiger partial charge in [-0.3, -0.25) is 19.3 Å². The van der Waals surface area contributed by atoms with E-state index in [1.807, 2.05) is 4.90 Å². The first-order chi connectivity index (χ1) is 19.5. The number of anilines is 1. The number of amides is 2. The molecular formula is C28H30F4N6O4. The smallest absolute Gasteiger partial charge is 0.406 e. The van der Waals surface area contributed by atoms with Gasteiger partial charge in [0.15, 0.2) is 0 Å². The van der Waals surface area contributed by atoms with Gasteiger partial charge in [0.25, 0.3) is 11.5 Å². The predicted molar refractivity (Wildman–Crippen MR) is 145 cm³/mol. The minimum absolute atomic E-state index is 0.163. The van der Waals surface area contributed by atoms with Gasteiger partial charge in [-0.05, 0) is 64.1 Å². The average molecular weight is 591 g/mol. The third-order valence-electron chi connectivity index (χ3n) is 6.96. The molecule has 4 rings (SSSR count). The molecule has 0 atom stereocenters. The number of nitrogens with zero attached hydrogens (tertiary/aromatic N) is 5. The van der Waals surface area contributed by atoms with Crippen molar-refractivity contribution in [3.05, 3.63) is 76.9 Å². The number of alkyl halides is 3. The maximum atomic E-state index is 13.3. The van der Waals surface area contributed by atoms with Crippen molar-refractivity contribution >= 4 is 17.6 Å². The lowest BCUT2D eigenvalue weighted by atomic mass is 9.92. The Labute approximate surface area is 238 Å². The summed E-state index contributed by atoms with van der Waals surface area (Å²) < 4.78 is 57.7. The van der Waals surface area contributed by atoms with E-state index in [1.54, 1.807) is 39.8 Å². The third-order valence-corrected chi connectivity index (χ3v) is 6.96. The molecule has 42 heavy (non-hydrogen) atoms. The van der Waals surface area contributed by atoms with E-state index in [-0.39, 0.29) is 42.9 Å². The zero-order valence-electron chi connectivity index (χ0n) is 23.4. The normalized spacial score (nSPS) is 15.8. The molecule has 0 aliphatic carbocycles. The topological polar surface area (TPSA) is 110 Å². The summed E-state index contributed by atoms with van der Waals surface area (Å²) in [7, 11) is 0. The number of halogens is 4. The number of carbonyl (C=O) groups excluding carboxylic acids is 2. The molecule has 1 aliphatic heterocycles. The molecule has 0 spiro atoms. The highest BCUT2D eigenvalue weighted by molar-refractivity contribution is 5.97. The molecule has 1 aromatic carbocycles. The number of nitrogens with one attached hydrogen (secondary N) is 1. The Balaban J connectivity index is 1.41. The van der Waals surface area contributed by atoms with Gasteiger partial charge < -0.3 is 19.5 Å². The maximum absolute atomic E-state index is 13.3. The molecular weight excluding hydrogens is 560 g/mol. The van der Waals surface area contributed by atoms with Crippen LogP contribution in [0, 0.1) is 5.82 Å². The van der Waals surface area contributed by atoms with Crippen molar-refractivity contribution in [2.75, 3.05) is 25.0 Å². The van der Waals surface area contributed by atoms with E-state index in [1.165, 1.54) is 35.4 Å². The van der Waals surface area contributed by atoms with Crippen molar-refractivity contribution in [3.8, 4) is 11.5 Å². The van der Waals surface area contributed by atoms with Crippen LogP contribution in [0.25, 0.3) is 0 Å². The summed E-state index contributed by atoms with van der Waals surface area (Å²) in [4.78, 5) is 49.8. The first kappa shape index (κ1) is 30.6. The SMILES string of the molecule is CC1(C)CN(C(C)(C)C(=O)Nc2ccc(Oc3ccc(F)cc3)cn2)CCN1C(=O)c1cn(CC(F)(F)F)c(=O)cn1. The molecule has 0 bridgehead atoms. The lowest BCUT2D eigenvalue weighted by molar-refractivity contribution is -0.141. The van der Waals surface area contributed by atoms with Gasteiger partial charge >= 0.3 is 6.18 Å². The van der Waals surface area contributed by atoms with Crippen molar-refractivity contribution in [1.29, 1.82) is 0 Å². The first-order valence-electron chi connectivity index (χ1n) is 13.0. The first-order valence-corrected chi connectivity index (χ1v) is 13.0. The van der Waals surface area contributed by atoms with Crippen LogP contribution in [0.1, 0.15) is 38.2 Å². The summed E-state index contributed by atoms with van der Waals surface area (Å²) in [5, 5.41) is 2.78. The van der Waals surface area contributed by atoms with Crippen LogP contribution in [-0.4, -0.2) is 73.0 Å². The summed E-state index contributed by atoms with van der Waals surface area (Å²) >= 11 is 0. The lowest BCUT2D eigenvalue weighted by Crippen LogP contribution is -2.67. The summed E-state index contributed by atoms with van der Waals surface area (Å²) in [6.45, 7) is 6.20. The largest absolute Gasteiger partial charge is 0.456 e.